The van der Waals surface area contributed by atoms with Gasteiger partial charge in [0.1, 0.15) is 0 Å². The minimum absolute atomic E-state index is 0.367. The number of aliphatic imine (C=N–C) groups is 1. The fraction of sp³-hybridized carbons (Fsp3) is 0.643. The predicted octanol–water partition coefficient (Wildman–Crippen LogP) is 2.19. The highest BCUT2D eigenvalue weighted by Crippen LogP contribution is 2.16. The highest BCUT2D eigenvalue weighted by atomic mass is 32.1. The van der Waals surface area contributed by atoms with Crippen molar-refractivity contribution in [3.05, 3.63) is 21.9 Å². The van der Waals surface area contributed by atoms with Crippen molar-refractivity contribution in [1.82, 2.24) is 10.6 Å². The first-order valence-electron chi connectivity index (χ1n) is 6.67. The Kier molecular flexibility index (Phi) is 7.52. The summed E-state index contributed by atoms with van der Waals surface area (Å²) in [6, 6.07) is 4.74. The van der Waals surface area contributed by atoms with Gasteiger partial charge in [-0.2, -0.15) is 0 Å². The molecule has 0 bridgehead atoms. The molecule has 1 rings (SSSR count). The van der Waals surface area contributed by atoms with Crippen molar-refractivity contribution in [1.29, 1.82) is 0 Å². The number of guanidine groups is 1. The molecule has 2 N–H and O–H groups in total. The molecule has 0 aliphatic heterocycles. The van der Waals surface area contributed by atoms with Gasteiger partial charge >= 0.3 is 0 Å². The maximum atomic E-state index is 5.02. The summed E-state index contributed by atoms with van der Waals surface area (Å²) in [6.45, 7) is 5.96. The number of thiophene rings is 1. The molecule has 1 heterocycles. The summed E-state index contributed by atoms with van der Waals surface area (Å²) in [5.74, 6) is 0.858. The fourth-order valence-corrected chi connectivity index (χ4v) is 2.82. The van der Waals surface area contributed by atoms with Crippen LogP contribution >= 0.6 is 11.3 Å². The molecule has 1 aromatic rings. The number of nitrogens with one attached hydrogen (secondary N) is 2. The Balaban J connectivity index is 2.30. The Morgan fingerprint density at radius 2 is 2.26 bits per heavy atom. The zero-order valence-corrected chi connectivity index (χ0v) is 13.1. The molecule has 108 valence electrons. The molecular formula is C14H25N3OS. The SMILES string of the molecule is CN=C(NCCCOC)NC(C)Cc1ccc(C)s1. The lowest BCUT2D eigenvalue weighted by Crippen LogP contribution is -2.43. The van der Waals surface area contributed by atoms with Crippen molar-refractivity contribution in [3.63, 3.8) is 0 Å². The van der Waals surface area contributed by atoms with Crippen LogP contribution in [0.4, 0.5) is 0 Å². The van der Waals surface area contributed by atoms with Crippen molar-refractivity contribution in [2.45, 2.75) is 32.7 Å². The number of hydrogen-bond donors (Lipinski definition) is 2. The van der Waals surface area contributed by atoms with Crippen LogP contribution in [-0.2, 0) is 11.2 Å². The average molecular weight is 283 g/mol. The number of hydrogen-bond acceptors (Lipinski definition) is 3. The second kappa shape index (κ2) is 8.93. The summed E-state index contributed by atoms with van der Waals surface area (Å²) in [7, 11) is 3.52. The van der Waals surface area contributed by atoms with E-state index in [4.69, 9.17) is 4.74 Å². The van der Waals surface area contributed by atoms with Gasteiger partial charge in [0.2, 0.25) is 0 Å². The molecule has 19 heavy (non-hydrogen) atoms. The monoisotopic (exact) mass is 283 g/mol. The number of nitrogens with zero attached hydrogens (tertiary/aromatic N) is 1. The zero-order chi connectivity index (χ0) is 14.1. The van der Waals surface area contributed by atoms with E-state index < -0.39 is 0 Å². The second-order valence-corrected chi connectivity index (χ2v) is 5.98. The van der Waals surface area contributed by atoms with Crippen LogP contribution in [-0.4, -0.2) is 39.3 Å². The van der Waals surface area contributed by atoms with E-state index in [1.807, 2.05) is 11.3 Å². The Hall–Kier alpha value is -1.07. The third-order valence-corrected chi connectivity index (χ3v) is 3.75. The van der Waals surface area contributed by atoms with E-state index in [-0.39, 0.29) is 0 Å². The standard InChI is InChI=1S/C14H25N3OS/c1-11(10-13-7-6-12(2)19-13)17-14(15-3)16-8-5-9-18-4/h6-7,11H,5,8-10H2,1-4H3,(H2,15,16,17). The minimum atomic E-state index is 0.367. The summed E-state index contributed by atoms with van der Waals surface area (Å²) in [6.07, 6.45) is 2.01. The molecule has 1 atom stereocenters. The van der Waals surface area contributed by atoms with Gasteiger partial charge in [-0.15, -0.1) is 11.3 Å². The molecule has 0 saturated carbocycles. The van der Waals surface area contributed by atoms with Crippen molar-refractivity contribution in [2.75, 3.05) is 27.3 Å². The van der Waals surface area contributed by atoms with Gasteiger partial charge in [0, 0.05) is 49.5 Å². The maximum absolute atomic E-state index is 5.02. The molecule has 0 radical (unpaired) electrons. The lowest BCUT2D eigenvalue weighted by molar-refractivity contribution is 0.195. The molecule has 0 aromatic carbocycles. The second-order valence-electron chi connectivity index (χ2n) is 4.61. The molecular weight excluding hydrogens is 258 g/mol. The molecule has 0 amide bonds. The molecule has 4 nitrogen and oxygen atoms in total. The van der Waals surface area contributed by atoms with Crippen LogP contribution in [0.5, 0.6) is 0 Å². The molecule has 1 aromatic heterocycles. The quantitative estimate of drug-likeness (QED) is 0.458. The minimum Gasteiger partial charge on any atom is -0.385 e. The first kappa shape index (κ1) is 16.0. The highest BCUT2D eigenvalue weighted by Gasteiger charge is 2.07. The molecule has 0 saturated heterocycles. The van der Waals surface area contributed by atoms with E-state index in [1.165, 1.54) is 9.75 Å². The van der Waals surface area contributed by atoms with Gasteiger partial charge in [-0.25, -0.2) is 0 Å². The highest BCUT2D eigenvalue weighted by molar-refractivity contribution is 7.11. The van der Waals surface area contributed by atoms with Gasteiger partial charge < -0.3 is 15.4 Å². The van der Waals surface area contributed by atoms with E-state index >= 15 is 0 Å². The van der Waals surface area contributed by atoms with E-state index in [0.29, 0.717) is 6.04 Å². The van der Waals surface area contributed by atoms with Crippen LogP contribution in [0, 0.1) is 6.92 Å². The van der Waals surface area contributed by atoms with Crippen molar-refractivity contribution in [3.8, 4) is 0 Å². The Bertz CT molecular complexity index is 390. The summed E-state index contributed by atoms with van der Waals surface area (Å²) in [4.78, 5) is 7.00. The average Bonchev–Trinajstić information content (AvgIpc) is 2.78. The van der Waals surface area contributed by atoms with E-state index in [0.717, 1.165) is 32.0 Å². The van der Waals surface area contributed by atoms with E-state index in [9.17, 15) is 0 Å². The Morgan fingerprint density at radius 3 is 2.84 bits per heavy atom. The molecule has 5 heteroatoms. The zero-order valence-electron chi connectivity index (χ0n) is 12.3. The normalized spacial score (nSPS) is 13.4. The van der Waals surface area contributed by atoms with Crippen molar-refractivity contribution in [2.24, 2.45) is 4.99 Å². The summed E-state index contributed by atoms with van der Waals surface area (Å²) in [5, 5.41) is 6.69. The molecule has 0 fully saturated rings. The topological polar surface area (TPSA) is 45.7 Å². The van der Waals surface area contributed by atoms with Crippen molar-refractivity contribution < 1.29 is 4.74 Å². The van der Waals surface area contributed by atoms with E-state index in [2.05, 4.69) is 41.6 Å². The van der Waals surface area contributed by atoms with Gasteiger partial charge in [0.25, 0.3) is 0 Å². The van der Waals surface area contributed by atoms with Gasteiger partial charge in [0.15, 0.2) is 5.96 Å². The third-order valence-electron chi connectivity index (χ3n) is 2.73. The summed E-state index contributed by atoms with van der Waals surface area (Å²) < 4.78 is 5.02. The van der Waals surface area contributed by atoms with Gasteiger partial charge in [-0.05, 0) is 32.4 Å². The van der Waals surface area contributed by atoms with Crippen LogP contribution < -0.4 is 10.6 Å². The summed E-state index contributed by atoms with van der Waals surface area (Å²) in [5.41, 5.74) is 0. The van der Waals surface area contributed by atoms with E-state index in [1.54, 1.807) is 14.2 Å². The number of methoxy groups -OCH3 is 1. The maximum Gasteiger partial charge on any atom is 0.191 e. The molecule has 1 unspecified atom stereocenters. The van der Waals surface area contributed by atoms with Gasteiger partial charge in [0.05, 0.1) is 0 Å². The lowest BCUT2D eigenvalue weighted by atomic mass is 10.2. The first-order valence-corrected chi connectivity index (χ1v) is 7.48. The van der Waals surface area contributed by atoms with Crippen molar-refractivity contribution >= 4 is 17.3 Å². The van der Waals surface area contributed by atoms with Crippen LogP contribution in [0.15, 0.2) is 17.1 Å². The molecule has 0 aliphatic carbocycles. The number of ether oxygens (including phenoxy) is 1. The van der Waals surface area contributed by atoms with Crippen LogP contribution in [0.3, 0.4) is 0 Å². The Morgan fingerprint density at radius 1 is 1.47 bits per heavy atom. The fourth-order valence-electron chi connectivity index (χ4n) is 1.80. The first-order chi connectivity index (χ1) is 9.15. The predicted molar refractivity (Wildman–Crippen MR) is 83.2 cm³/mol. The smallest absolute Gasteiger partial charge is 0.191 e. The van der Waals surface area contributed by atoms with Gasteiger partial charge in [-0.3, -0.25) is 4.99 Å². The lowest BCUT2D eigenvalue weighted by Gasteiger charge is -2.17. The van der Waals surface area contributed by atoms with Crippen LogP contribution in [0.2, 0.25) is 0 Å². The number of aryl methyl sites for hydroxylation is 1. The van der Waals surface area contributed by atoms with Gasteiger partial charge in [-0.1, -0.05) is 0 Å². The molecule has 0 spiro atoms. The molecule has 0 aliphatic rings. The largest absolute Gasteiger partial charge is 0.385 e. The number of rotatable bonds is 7. The summed E-state index contributed by atoms with van der Waals surface area (Å²) >= 11 is 1.86. The van der Waals surface area contributed by atoms with Crippen LogP contribution in [0.1, 0.15) is 23.1 Å². The Labute approximate surface area is 120 Å². The third kappa shape index (κ3) is 6.59. The van der Waals surface area contributed by atoms with Crippen LogP contribution in [0.25, 0.3) is 0 Å².